The summed E-state index contributed by atoms with van der Waals surface area (Å²) in [6.07, 6.45) is 1.72. The molecule has 0 aliphatic heterocycles. The largest absolute Gasteiger partial charge is 0.377 e. The van der Waals surface area contributed by atoms with Crippen LogP contribution in [-0.2, 0) is 0 Å². The van der Waals surface area contributed by atoms with Crippen LogP contribution < -0.4 is 0 Å². The van der Waals surface area contributed by atoms with E-state index in [0.717, 1.165) is 11.3 Å². The number of hydrogen-bond acceptors (Lipinski definition) is 2. The Labute approximate surface area is 97.7 Å². The summed E-state index contributed by atoms with van der Waals surface area (Å²) in [5, 5.41) is 10.2. The Bertz CT molecular complexity index is 413. The van der Waals surface area contributed by atoms with Crippen molar-refractivity contribution in [1.82, 2.24) is 4.98 Å². The van der Waals surface area contributed by atoms with Crippen molar-refractivity contribution in [2.75, 3.05) is 0 Å². The van der Waals surface area contributed by atoms with Crippen molar-refractivity contribution >= 4 is 0 Å². The van der Waals surface area contributed by atoms with Crippen LogP contribution in [0.1, 0.15) is 39.0 Å². The molecule has 1 rings (SSSR count). The monoisotopic (exact) mass is 217 g/mol. The number of nitrogens with zero attached hydrogens (tertiary/aromatic N) is 1. The molecule has 1 aromatic heterocycles. The first kappa shape index (κ1) is 12.7. The zero-order valence-corrected chi connectivity index (χ0v) is 10.6. The molecule has 0 amide bonds. The Morgan fingerprint density at radius 2 is 1.81 bits per heavy atom. The molecule has 0 radical (unpaired) electrons. The van der Waals surface area contributed by atoms with Crippen LogP contribution >= 0.6 is 0 Å². The molecule has 0 spiro atoms. The van der Waals surface area contributed by atoms with E-state index in [2.05, 4.69) is 16.8 Å². The summed E-state index contributed by atoms with van der Waals surface area (Å²) in [6, 6.07) is 3.82. The van der Waals surface area contributed by atoms with Gasteiger partial charge in [-0.05, 0) is 26.0 Å². The average Bonchev–Trinajstić information content (AvgIpc) is 2.15. The Kier molecular flexibility index (Phi) is 3.40. The first-order chi connectivity index (χ1) is 7.22. The predicted octanol–water partition coefficient (Wildman–Crippen LogP) is 2.54. The number of hydrogen-bond donors (Lipinski definition) is 1. The van der Waals surface area contributed by atoms with Crippen LogP contribution in [0, 0.1) is 24.2 Å². The zero-order chi connectivity index (χ0) is 12.4. The maximum Gasteiger partial charge on any atom is 0.127 e. The quantitative estimate of drug-likeness (QED) is 0.677. The first-order valence-corrected chi connectivity index (χ1v) is 5.40. The van der Waals surface area contributed by atoms with E-state index in [1.54, 1.807) is 13.1 Å². The lowest BCUT2D eigenvalue weighted by Crippen LogP contribution is -2.38. The van der Waals surface area contributed by atoms with Gasteiger partial charge in [0.2, 0.25) is 0 Å². The number of aromatic nitrogens is 1. The highest BCUT2D eigenvalue weighted by Gasteiger charge is 2.33. The van der Waals surface area contributed by atoms with Crippen LogP contribution in [0.15, 0.2) is 18.3 Å². The molecule has 0 saturated heterocycles. The minimum Gasteiger partial charge on any atom is -0.377 e. The third-order valence-corrected chi connectivity index (χ3v) is 2.82. The van der Waals surface area contributed by atoms with E-state index >= 15 is 0 Å². The summed E-state index contributed by atoms with van der Waals surface area (Å²) in [5.41, 5.74) is 0.527. The lowest BCUT2D eigenvalue weighted by molar-refractivity contribution is 0.0129. The molecule has 1 aromatic rings. The third kappa shape index (κ3) is 3.08. The van der Waals surface area contributed by atoms with E-state index in [1.807, 2.05) is 39.8 Å². The maximum atomic E-state index is 10.2. The highest BCUT2D eigenvalue weighted by molar-refractivity contribution is 5.35. The molecular weight excluding hydrogens is 198 g/mol. The molecule has 0 fully saturated rings. The number of pyridine rings is 1. The van der Waals surface area contributed by atoms with Crippen molar-refractivity contribution in [2.24, 2.45) is 5.41 Å². The van der Waals surface area contributed by atoms with Crippen LogP contribution in [0.25, 0.3) is 0 Å². The molecule has 1 atom stereocenters. The van der Waals surface area contributed by atoms with Gasteiger partial charge in [0.05, 0.1) is 0 Å². The van der Waals surface area contributed by atoms with E-state index in [1.165, 1.54) is 0 Å². The molecule has 2 nitrogen and oxygen atoms in total. The summed E-state index contributed by atoms with van der Waals surface area (Å²) in [4.78, 5) is 4.16. The molecule has 86 valence electrons. The van der Waals surface area contributed by atoms with Gasteiger partial charge in [0.25, 0.3) is 0 Å². The summed E-state index contributed by atoms with van der Waals surface area (Å²) >= 11 is 0. The summed E-state index contributed by atoms with van der Waals surface area (Å²) in [5.74, 6) is 5.86. The van der Waals surface area contributed by atoms with Gasteiger partial charge in [0.1, 0.15) is 5.60 Å². The summed E-state index contributed by atoms with van der Waals surface area (Å²) in [7, 11) is 0. The third-order valence-electron chi connectivity index (χ3n) is 2.82. The number of rotatable bonds is 0. The standard InChI is InChI=1S/C14H19NO/c1-11-6-7-12(10-15-11)8-9-14(5,16)13(2,3)4/h6-7,10,16H,1-5H3/t14-/m0/s1. The average molecular weight is 217 g/mol. The van der Waals surface area contributed by atoms with E-state index in [0.29, 0.717) is 0 Å². The Hall–Kier alpha value is -1.33. The molecule has 2 heteroatoms. The molecule has 1 N–H and O–H groups in total. The minimum atomic E-state index is -1.00. The van der Waals surface area contributed by atoms with Gasteiger partial charge >= 0.3 is 0 Å². The second-order valence-corrected chi connectivity index (χ2v) is 5.26. The molecule has 0 saturated carbocycles. The smallest absolute Gasteiger partial charge is 0.127 e. The molecule has 1 heterocycles. The SMILES string of the molecule is Cc1ccc(C#C[C@](C)(O)C(C)(C)C)cn1. The molecule has 0 aliphatic carbocycles. The minimum absolute atomic E-state index is 0.266. The highest BCUT2D eigenvalue weighted by atomic mass is 16.3. The van der Waals surface area contributed by atoms with Gasteiger partial charge in [-0.2, -0.15) is 0 Å². The fourth-order valence-corrected chi connectivity index (χ4v) is 0.923. The second kappa shape index (κ2) is 4.27. The van der Waals surface area contributed by atoms with Crippen molar-refractivity contribution in [2.45, 2.75) is 40.2 Å². The normalized spacial score (nSPS) is 14.9. The lowest BCUT2D eigenvalue weighted by Gasteiger charge is -2.32. The fourth-order valence-electron chi connectivity index (χ4n) is 0.923. The molecule has 0 aliphatic rings. The molecular formula is C14H19NO. The van der Waals surface area contributed by atoms with Crippen molar-refractivity contribution < 1.29 is 5.11 Å². The van der Waals surface area contributed by atoms with Crippen LogP contribution in [-0.4, -0.2) is 15.7 Å². The first-order valence-electron chi connectivity index (χ1n) is 5.40. The zero-order valence-electron chi connectivity index (χ0n) is 10.6. The Morgan fingerprint density at radius 1 is 1.19 bits per heavy atom. The maximum absolute atomic E-state index is 10.2. The van der Waals surface area contributed by atoms with E-state index in [4.69, 9.17) is 0 Å². The Morgan fingerprint density at radius 3 is 2.25 bits per heavy atom. The molecule has 0 bridgehead atoms. The van der Waals surface area contributed by atoms with Crippen molar-refractivity contribution in [1.29, 1.82) is 0 Å². The van der Waals surface area contributed by atoms with Gasteiger partial charge in [-0.1, -0.05) is 32.6 Å². The van der Waals surface area contributed by atoms with Crippen LogP contribution in [0.5, 0.6) is 0 Å². The highest BCUT2D eigenvalue weighted by Crippen LogP contribution is 2.29. The molecule has 0 unspecified atom stereocenters. The van der Waals surface area contributed by atoms with Crippen molar-refractivity contribution in [3.05, 3.63) is 29.6 Å². The number of aliphatic hydroxyl groups is 1. The topological polar surface area (TPSA) is 33.1 Å². The van der Waals surface area contributed by atoms with Gasteiger partial charge in [-0.3, -0.25) is 4.98 Å². The summed E-state index contributed by atoms with van der Waals surface area (Å²) < 4.78 is 0. The lowest BCUT2D eigenvalue weighted by atomic mass is 9.78. The van der Waals surface area contributed by atoms with E-state index < -0.39 is 5.60 Å². The predicted molar refractivity (Wildman–Crippen MR) is 65.9 cm³/mol. The van der Waals surface area contributed by atoms with Gasteiger partial charge in [0.15, 0.2) is 0 Å². The fraction of sp³-hybridized carbons (Fsp3) is 0.500. The summed E-state index contributed by atoms with van der Waals surface area (Å²) in [6.45, 7) is 9.57. The second-order valence-electron chi connectivity index (χ2n) is 5.26. The van der Waals surface area contributed by atoms with Gasteiger partial charge in [0, 0.05) is 22.9 Å². The van der Waals surface area contributed by atoms with Gasteiger partial charge in [-0.15, -0.1) is 0 Å². The van der Waals surface area contributed by atoms with Crippen LogP contribution in [0.3, 0.4) is 0 Å². The van der Waals surface area contributed by atoms with E-state index in [9.17, 15) is 5.11 Å². The van der Waals surface area contributed by atoms with Gasteiger partial charge < -0.3 is 5.11 Å². The van der Waals surface area contributed by atoms with Gasteiger partial charge in [-0.25, -0.2) is 0 Å². The van der Waals surface area contributed by atoms with Crippen molar-refractivity contribution in [3.63, 3.8) is 0 Å². The van der Waals surface area contributed by atoms with Crippen LogP contribution in [0.4, 0.5) is 0 Å². The van der Waals surface area contributed by atoms with Crippen LogP contribution in [0.2, 0.25) is 0 Å². The molecule has 0 aromatic carbocycles. The number of aryl methyl sites for hydroxylation is 1. The van der Waals surface area contributed by atoms with E-state index in [-0.39, 0.29) is 5.41 Å². The Balaban J connectivity index is 2.94. The van der Waals surface area contributed by atoms with Crippen molar-refractivity contribution in [3.8, 4) is 11.8 Å². The molecule has 16 heavy (non-hydrogen) atoms.